The molecular formula is C8H9NTi+2. The van der Waals surface area contributed by atoms with E-state index in [0.29, 0.717) is 0 Å². The first-order valence-electron chi connectivity index (χ1n) is 3.19. The summed E-state index contributed by atoms with van der Waals surface area (Å²) in [6.45, 7) is 4.16. The summed E-state index contributed by atoms with van der Waals surface area (Å²) in [4.78, 5) is 0. The van der Waals surface area contributed by atoms with Crippen molar-refractivity contribution >= 4 is 5.69 Å². The minimum absolute atomic E-state index is 1.13. The molecule has 1 aromatic rings. The third-order valence-electron chi connectivity index (χ3n) is 1.55. The molecule has 0 unspecified atom stereocenters. The molecule has 0 bridgehead atoms. The van der Waals surface area contributed by atoms with Crippen LogP contribution in [-0.2, 0) is 20.3 Å². The molecule has 10 heavy (non-hydrogen) atoms. The van der Waals surface area contributed by atoms with Gasteiger partial charge in [-0.05, 0) is 0 Å². The first kappa shape index (κ1) is 7.84. The third-order valence-corrected chi connectivity index (χ3v) is 1.90. The maximum absolute atomic E-state index is 4.17. The van der Waals surface area contributed by atoms with Gasteiger partial charge < -0.3 is 0 Å². The van der Waals surface area contributed by atoms with Crippen molar-refractivity contribution in [1.82, 2.24) is 0 Å². The predicted octanol–water partition coefficient (Wildman–Crippen LogP) is 2.67. The summed E-state index contributed by atoms with van der Waals surface area (Å²) < 4.78 is 4.17. The molecule has 0 aliphatic carbocycles. The van der Waals surface area contributed by atoms with Crippen molar-refractivity contribution in [2.45, 2.75) is 13.8 Å². The molecule has 0 aliphatic heterocycles. The van der Waals surface area contributed by atoms with Gasteiger partial charge in [0, 0.05) is 0 Å². The zero-order valence-electron chi connectivity index (χ0n) is 6.18. The van der Waals surface area contributed by atoms with Crippen LogP contribution in [0.25, 0.3) is 0 Å². The number of hydrogen-bond donors (Lipinski definition) is 0. The van der Waals surface area contributed by atoms with Crippen LogP contribution in [0.4, 0.5) is 5.69 Å². The molecule has 0 fully saturated rings. The predicted molar refractivity (Wildman–Crippen MR) is 38.0 cm³/mol. The van der Waals surface area contributed by atoms with Crippen LogP contribution in [0, 0.1) is 13.8 Å². The van der Waals surface area contributed by atoms with E-state index in [1.165, 1.54) is 11.1 Å². The van der Waals surface area contributed by atoms with Crippen LogP contribution >= 0.6 is 0 Å². The first-order valence-corrected chi connectivity index (χ1v) is 3.89. The van der Waals surface area contributed by atoms with E-state index in [2.05, 4.69) is 35.5 Å². The van der Waals surface area contributed by atoms with Gasteiger partial charge in [-0.15, -0.1) is 0 Å². The summed E-state index contributed by atoms with van der Waals surface area (Å²) in [6.07, 6.45) is 0. The van der Waals surface area contributed by atoms with E-state index in [-0.39, 0.29) is 0 Å². The Morgan fingerprint density at radius 2 is 1.70 bits per heavy atom. The molecular weight excluding hydrogens is 158 g/mol. The van der Waals surface area contributed by atoms with E-state index < -0.39 is 0 Å². The van der Waals surface area contributed by atoms with Crippen LogP contribution in [-0.4, -0.2) is 0 Å². The van der Waals surface area contributed by atoms with Crippen LogP contribution in [0.5, 0.6) is 0 Å². The SMILES string of the molecule is Cc1cccc(C)c1[N]=[Ti+2]. The van der Waals surface area contributed by atoms with Gasteiger partial charge in [-0.1, -0.05) is 0 Å². The molecule has 0 N–H and O–H groups in total. The number of rotatable bonds is 1. The number of benzene rings is 1. The summed E-state index contributed by atoms with van der Waals surface area (Å²) in [5.41, 5.74) is 3.63. The van der Waals surface area contributed by atoms with Gasteiger partial charge in [-0.2, -0.15) is 0 Å². The van der Waals surface area contributed by atoms with Gasteiger partial charge in [-0.3, -0.25) is 0 Å². The Balaban J connectivity index is 3.30. The normalized spacial score (nSPS) is 9.60. The van der Waals surface area contributed by atoms with Crippen LogP contribution in [0.3, 0.4) is 0 Å². The van der Waals surface area contributed by atoms with Gasteiger partial charge in [0.05, 0.1) is 0 Å². The van der Waals surface area contributed by atoms with Gasteiger partial charge in [0.15, 0.2) is 0 Å². The van der Waals surface area contributed by atoms with Crippen molar-refractivity contribution in [2.75, 3.05) is 0 Å². The van der Waals surface area contributed by atoms with Gasteiger partial charge in [-0.25, -0.2) is 0 Å². The summed E-state index contributed by atoms with van der Waals surface area (Å²) in [6, 6.07) is 6.21. The Morgan fingerprint density at radius 3 is 2.00 bits per heavy atom. The number of nitrogens with zero attached hydrogens (tertiary/aromatic N) is 1. The van der Waals surface area contributed by atoms with E-state index >= 15 is 0 Å². The Kier molecular flexibility index (Phi) is 2.53. The second-order valence-corrected chi connectivity index (χ2v) is 2.70. The van der Waals surface area contributed by atoms with Gasteiger partial charge in [0.1, 0.15) is 0 Å². The summed E-state index contributed by atoms with van der Waals surface area (Å²) >= 11 is 1.83. The molecule has 1 nitrogen and oxygen atoms in total. The molecule has 0 heterocycles. The summed E-state index contributed by atoms with van der Waals surface area (Å²) in [5, 5.41) is 0. The fraction of sp³-hybridized carbons (Fsp3) is 0.250. The second-order valence-electron chi connectivity index (χ2n) is 2.35. The van der Waals surface area contributed by atoms with Crippen molar-refractivity contribution in [2.24, 2.45) is 3.42 Å². The van der Waals surface area contributed by atoms with Crippen LogP contribution in [0.15, 0.2) is 21.6 Å². The van der Waals surface area contributed by atoms with Gasteiger partial charge in [0.2, 0.25) is 0 Å². The Hall–Kier alpha value is -0.266. The molecule has 0 saturated carbocycles. The Bertz CT molecular complexity index is 235. The van der Waals surface area contributed by atoms with Crippen LogP contribution < -0.4 is 0 Å². The maximum atomic E-state index is 4.17. The molecule has 48 valence electrons. The third kappa shape index (κ3) is 1.42. The minimum atomic E-state index is 1.13. The van der Waals surface area contributed by atoms with Crippen LogP contribution in [0.2, 0.25) is 0 Å². The van der Waals surface area contributed by atoms with E-state index in [4.69, 9.17) is 0 Å². The molecule has 2 heteroatoms. The Labute approximate surface area is 72.7 Å². The average molecular weight is 167 g/mol. The molecule has 0 saturated heterocycles. The second kappa shape index (κ2) is 3.22. The van der Waals surface area contributed by atoms with E-state index in [1.807, 2.05) is 20.3 Å². The fourth-order valence-corrected chi connectivity index (χ4v) is 1.53. The van der Waals surface area contributed by atoms with E-state index in [0.717, 1.165) is 5.69 Å². The quantitative estimate of drug-likeness (QED) is 0.570. The number of aryl methyl sites for hydroxylation is 2. The Morgan fingerprint density at radius 1 is 1.20 bits per heavy atom. The first-order chi connectivity index (χ1) is 4.75. The molecule has 1 rings (SSSR count). The van der Waals surface area contributed by atoms with Crippen molar-refractivity contribution < 1.29 is 20.3 Å². The molecule has 0 radical (unpaired) electrons. The molecule has 0 aromatic heterocycles. The molecule has 1 aromatic carbocycles. The van der Waals surface area contributed by atoms with Crippen LogP contribution in [0.1, 0.15) is 11.1 Å². The number of hydrogen-bond acceptors (Lipinski definition) is 1. The average Bonchev–Trinajstić information content (AvgIpc) is 1.88. The van der Waals surface area contributed by atoms with Crippen molar-refractivity contribution in [3.63, 3.8) is 0 Å². The summed E-state index contributed by atoms with van der Waals surface area (Å²) in [7, 11) is 0. The monoisotopic (exact) mass is 167 g/mol. The molecule has 0 amide bonds. The molecule has 0 aliphatic rings. The van der Waals surface area contributed by atoms with E-state index in [9.17, 15) is 0 Å². The fourth-order valence-electron chi connectivity index (χ4n) is 0.982. The molecule has 0 atom stereocenters. The van der Waals surface area contributed by atoms with E-state index in [1.54, 1.807) is 0 Å². The topological polar surface area (TPSA) is 12.4 Å². The summed E-state index contributed by atoms with van der Waals surface area (Å²) in [5.74, 6) is 0. The molecule has 0 spiro atoms. The van der Waals surface area contributed by atoms with Crippen molar-refractivity contribution in [3.8, 4) is 0 Å². The van der Waals surface area contributed by atoms with Gasteiger partial charge in [0.25, 0.3) is 0 Å². The van der Waals surface area contributed by atoms with Gasteiger partial charge >= 0.3 is 72.5 Å². The van der Waals surface area contributed by atoms with Crippen molar-refractivity contribution in [1.29, 1.82) is 0 Å². The zero-order chi connectivity index (χ0) is 7.56. The standard InChI is InChI=1S/C8H9N.Ti/c1-6-4-3-5-7(2)8(6)9;/h3-5H,1-2H3;/q;+2. The zero-order valence-corrected chi connectivity index (χ0v) is 7.74. The van der Waals surface area contributed by atoms with Crippen molar-refractivity contribution in [3.05, 3.63) is 29.3 Å².